The van der Waals surface area contributed by atoms with E-state index in [1.807, 2.05) is 19.9 Å². The number of rotatable bonds is 5. The lowest BCUT2D eigenvalue weighted by molar-refractivity contribution is 0.0726. The first-order valence-corrected chi connectivity index (χ1v) is 10.7. The molecule has 6 nitrogen and oxygen atoms in total. The fraction of sp³-hybridized carbons (Fsp3) is 0.450. The lowest BCUT2D eigenvalue weighted by atomic mass is 10.1. The molecular weight excluding hydrogens is 364 g/mol. The van der Waals surface area contributed by atoms with Crippen LogP contribution in [0.25, 0.3) is 0 Å². The molecule has 0 bridgehead atoms. The van der Waals surface area contributed by atoms with Gasteiger partial charge in [-0.05, 0) is 63.1 Å². The van der Waals surface area contributed by atoms with E-state index in [0.717, 1.165) is 19.3 Å². The van der Waals surface area contributed by atoms with Gasteiger partial charge in [0, 0.05) is 25.2 Å². The predicted octanol–water partition coefficient (Wildman–Crippen LogP) is 3.68. The molecule has 1 saturated heterocycles. The molecule has 1 fully saturated rings. The monoisotopic (exact) mass is 390 g/mol. The molecule has 0 saturated carbocycles. The molecule has 1 amide bonds. The van der Waals surface area contributed by atoms with E-state index in [9.17, 15) is 13.2 Å². The van der Waals surface area contributed by atoms with E-state index in [1.165, 1.54) is 12.1 Å². The Hall–Kier alpha value is -2.12. The van der Waals surface area contributed by atoms with Gasteiger partial charge in [0.05, 0.1) is 17.2 Å². The Morgan fingerprint density at radius 3 is 2.52 bits per heavy atom. The minimum absolute atomic E-state index is 0.00494. The molecule has 2 heterocycles. The van der Waals surface area contributed by atoms with Crippen LogP contribution in [0.5, 0.6) is 0 Å². The second-order valence-electron chi connectivity index (χ2n) is 7.09. The number of hydrogen-bond donors (Lipinski definition) is 0. The molecule has 0 radical (unpaired) electrons. The van der Waals surface area contributed by atoms with Gasteiger partial charge in [-0.2, -0.15) is 4.31 Å². The number of amides is 1. The van der Waals surface area contributed by atoms with Crippen LogP contribution in [0.1, 0.15) is 55.3 Å². The van der Waals surface area contributed by atoms with Gasteiger partial charge in [0.1, 0.15) is 5.76 Å². The van der Waals surface area contributed by atoms with Crippen molar-refractivity contribution >= 4 is 15.9 Å². The average Bonchev–Trinajstić information content (AvgIpc) is 3.21. The van der Waals surface area contributed by atoms with Gasteiger partial charge in [-0.1, -0.05) is 6.42 Å². The molecule has 2 atom stereocenters. The standard InChI is InChI=1S/C20H26N2O4S/c1-15-7-4-5-13-22(15)27(24,25)18-11-9-17(10-12-18)20(23)21(3)16(2)19-8-6-14-26-19/h6,8-12,14-16H,4-5,7,13H2,1-3H3. The Kier molecular flexibility index (Phi) is 5.72. The van der Waals surface area contributed by atoms with Crippen LogP contribution in [0, 0.1) is 0 Å². The van der Waals surface area contributed by atoms with E-state index in [0.29, 0.717) is 17.9 Å². The van der Waals surface area contributed by atoms with Crippen LogP contribution in [0.3, 0.4) is 0 Å². The molecule has 0 aliphatic carbocycles. The molecule has 1 aliphatic rings. The number of benzene rings is 1. The molecule has 27 heavy (non-hydrogen) atoms. The number of piperidine rings is 1. The summed E-state index contributed by atoms with van der Waals surface area (Å²) < 4.78 is 32.7. The fourth-order valence-electron chi connectivity index (χ4n) is 3.43. The highest BCUT2D eigenvalue weighted by molar-refractivity contribution is 7.89. The summed E-state index contributed by atoms with van der Waals surface area (Å²) in [4.78, 5) is 14.5. The van der Waals surface area contributed by atoms with Crippen LogP contribution in [-0.4, -0.2) is 43.2 Å². The minimum atomic E-state index is -3.53. The first-order valence-electron chi connectivity index (χ1n) is 9.25. The zero-order valence-electron chi connectivity index (χ0n) is 16.0. The summed E-state index contributed by atoms with van der Waals surface area (Å²) >= 11 is 0. The van der Waals surface area contributed by atoms with Crippen molar-refractivity contribution in [3.05, 3.63) is 54.0 Å². The van der Waals surface area contributed by atoms with Crippen molar-refractivity contribution in [1.29, 1.82) is 0 Å². The highest BCUT2D eigenvalue weighted by atomic mass is 32.2. The van der Waals surface area contributed by atoms with Crippen LogP contribution < -0.4 is 0 Å². The van der Waals surface area contributed by atoms with E-state index in [1.54, 1.807) is 40.7 Å². The molecule has 3 rings (SSSR count). The topological polar surface area (TPSA) is 70.8 Å². The van der Waals surface area contributed by atoms with Gasteiger partial charge in [-0.25, -0.2) is 8.42 Å². The van der Waals surface area contributed by atoms with Crippen LogP contribution in [0.4, 0.5) is 0 Å². The summed E-state index contributed by atoms with van der Waals surface area (Å²) in [5.74, 6) is 0.512. The van der Waals surface area contributed by atoms with Gasteiger partial charge in [0.25, 0.3) is 5.91 Å². The van der Waals surface area contributed by atoms with Gasteiger partial charge in [0.15, 0.2) is 0 Å². The first-order chi connectivity index (χ1) is 12.8. The maximum absolute atomic E-state index is 12.9. The van der Waals surface area contributed by atoms with Gasteiger partial charge >= 0.3 is 0 Å². The Balaban J connectivity index is 1.77. The summed E-state index contributed by atoms with van der Waals surface area (Å²) in [6.45, 7) is 4.38. The average molecular weight is 391 g/mol. The largest absolute Gasteiger partial charge is 0.467 e. The SMILES string of the molecule is CC(c1ccco1)N(C)C(=O)c1ccc(S(=O)(=O)N2CCCCC2C)cc1. The maximum atomic E-state index is 12.9. The third-order valence-electron chi connectivity index (χ3n) is 5.31. The summed E-state index contributed by atoms with van der Waals surface area (Å²) in [5, 5.41) is 0. The smallest absolute Gasteiger partial charge is 0.254 e. The molecule has 7 heteroatoms. The van der Waals surface area contributed by atoms with Gasteiger partial charge in [0.2, 0.25) is 10.0 Å². The van der Waals surface area contributed by atoms with Crippen molar-refractivity contribution in [3.63, 3.8) is 0 Å². The lowest BCUT2D eigenvalue weighted by Gasteiger charge is -2.32. The zero-order valence-corrected chi connectivity index (χ0v) is 16.8. The first kappa shape index (κ1) is 19.6. The third kappa shape index (κ3) is 3.94. The second kappa shape index (κ2) is 7.86. The van der Waals surface area contributed by atoms with Crippen molar-refractivity contribution in [2.45, 2.75) is 50.1 Å². The van der Waals surface area contributed by atoms with Crippen molar-refractivity contribution in [2.24, 2.45) is 0 Å². The maximum Gasteiger partial charge on any atom is 0.254 e. The fourth-order valence-corrected chi connectivity index (χ4v) is 5.13. The molecule has 0 spiro atoms. The summed E-state index contributed by atoms with van der Waals surface area (Å²) in [6, 6.07) is 9.60. The molecule has 1 aliphatic heterocycles. The van der Waals surface area contributed by atoms with Crippen LogP contribution >= 0.6 is 0 Å². The highest BCUT2D eigenvalue weighted by Gasteiger charge is 2.31. The molecule has 2 unspecified atom stereocenters. The Morgan fingerprint density at radius 2 is 1.93 bits per heavy atom. The quantitative estimate of drug-likeness (QED) is 0.781. The number of carbonyl (C=O) groups is 1. The molecule has 0 N–H and O–H groups in total. The van der Waals surface area contributed by atoms with Crippen LogP contribution in [0.2, 0.25) is 0 Å². The number of carbonyl (C=O) groups excluding carboxylic acids is 1. The van der Waals surface area contributed by atoms with Crippen molar-refractivity contribution < 1.29 is 17.6 Å². The van der Waals surface area contributed by atoms with Crippen LogP contribution in [0.15, 0.2) is 52.0 Å². The number of sulfonamides is 1. The molecule has 1 aromatic heterocycles. The Bertz CT molecular complexity index is 875. The third-order valence-corrected chi connectivity index (χ3v) is 7.33. The van der Waals surface area contributed by atoms with E-state index < -0.39 is 10.0 Å². The Labute approximate surface area is 160 Å². The van der Waals surface area contributed by atoms with Crippen LogP contribution in [-0.2, 0) is 10.0 Å². The Morgan fingerprint density at radius 1 is 1.22 bits per heavy atom. The van der Waals surface area contributed by atoms with Gasteiger partial charge in [-0.3, -0.25) is 4.79 Å². The zero-order chi connectivity index (χ0) is 19.6. The summed E-state index contributed by atoms with van der Waals surface area (Å²) in [6.07, 6.45) is 4.40. The number of furan rings is 1. The molecule has 146 valence electrons. The summed E-state index contributed by atoms with van der Waals surface area (Å²) in [7, 11) is -1.83. The number of nitrogens with zero attached hydrogens (tertiary/aromatic N) is 2. The van der Waals surface area contributed by atoms with Gasteiger partial charge in [-0.15, -0.1) is 0 Å². The van der Waals surface area contributed by atoms with Gasteiger partial charge < -0.3 is 9.32 Å². The molecular formula is C20H26N2O4S. The highest BCUT2D eigenvalue weighted by Crippen LogP contribution is 2.26. The normalized spacial score (nSPS) is 19.6. The van der Waals surface area contributed by atoms with E-state index in [-0.39, 0.29) is 22.9 Å². The predicted molar refractivity (Wildman–Crippen MR) is 103 cm³/mol. The van der Waals surface area contributed by atoms with Crippen molar-refractivity contribution in [1.82, 2.24) is 9.21 Å². The molecule has 1 aromatic carbocycles. The van der Waals surface area contributed by atoms with E-state index in [2.05, 4.69) is 0 Å². The van der Waals surface area contributed by atoms with Crippen molar-refractivity contribution in [2.75, 3.05) is 13.6 Å². The summed E-state index contributed by atoms with van der Waals surface area (Å²) in [5.41, 5.74) is 0.446. The lowest BCUT2D eigenvalue weighted by Crippen LogP contribution is -2.41. The van der Waals surface area contributed by atoms with E-state index in [4.69, 9.17) is 4.42 Å². The minimum Gasteiger partial charge on any atom is -0.467 e. The molecule has 2 aromatic rings. The second-order valence-corrected chi connectivity index (χ2v) is 8.98. The van der Waals surface area contributed by atoms with E-state index >= 15 is 0 Å². The number of hydrogen-bond acceptors (Lipinski definition) is 4. The van der Waals surface area contributed by atoms with Crippen molar-refractivity contribution in [3.8, 4) is 0 Å².